The van der Waals surface area contributed by atoms with Gasteiger partial charge in [-0.15, -0.1) is 0 Å². The number of amides is 1. The van der Waals surface area contributed by atoms with Crippen molar-refractivity contribution in [2.24, 2.45) is 5.92 Å². The Morgan fingerprint density at radius 2 is 1.90 bits per heavy atom. The molecule has 2 rings (SSSR count). The lowest BCUT2D eigenvalue weighted by molar-refractivity contribution is -0.124. The lowest BCUT2D eigenvalue weighted by atomic mass is 9.89. The molecule has 1 amide bonds. The summed E-state index contributed by atoms with van der Waals surface area (Å²) in [5.74, 6) is 0.0628. The van der Waals surface area contributed by atoms with Crippen LogP contribution < -0.4 is 10.6 Å². The van der Waals surface area contributed by atoms with E-state index in [9.17, 15) is 9.59 Å². The molecular formula is C16H20N2O2S. The highest BCUT2D eigenvalue weighted by Gasteiger charge is 2.21. The number of Topliss-reactive ketones (excluding diaryl/α,β-unsaturated/α-hetero) is 1. The molecule has 0 spiro atoms. The number of rotatable bonds is 3. The van der Waals surface area contributed by atoms with Crippen molar-refractivity contribution < 1.29 is 9.59 Å². The van der Waals surface area contributed by atoms with Crippen LogP contribution in [0, 0.1) is 5.92 Å². The molecule has 0 atom stereocenters. The average molecular weight is 304 g/mol. The normalized spacial score (nSPS) is 15.3. The quantitative estimate of drug-likeness (QED) is 0.664. The smallest absolute Gasteiger partial charge is 0.229 e. The van der Waals surface area contributed by atoms with Crippen molar-refractivity contribution in [1.82, 2.24) is 5.32 Å². The Bertz CT molecular complexity index is 551. The van der Waals surface area contributed by atoms with Gasteiger partial charge >= 0.3 is 0 Å². The first kappa shape index (κ1) is 15.6. The summed E-state index contributed by atoms with van der Waals surface area (Å²) in [6.45, 7) is 1.52. The van der Waals surface area contributed by atoms with E-state index in [0.29, 0.717) is 11.3 Å². The van der Waals surface area contributed by atoms with Crippen LogP contribution in [0.4, 0.5) is 5.69 Å². The Morgan fingerprint density at radius 3 is 2.57 bits per heavy atom. The highest BCUT2D eigenvalue weighted by Crippen LogP contribution is 2.23. The molecule has 0 saturated heterocycles. The number of carbonyl (C=O) groups is 2. The highest BCUT2D eigenvalue weighted by atomic mass is 32.1. The van der Waals surface area contributed by atoms with Crippen LogP contribution in [-0.2, 0) is 4.79 Å². The Kier molecular flexibility index (Phi) is 5.44. The summed E-state index contributed by atoms with van der Waals surface area (Å²) in [7, 11) is 0. The van der Waals surface area contributed by atoms with Gasteiger partial charge in [0.15, 0.2) is 10.9 Å². The lowest BCUT2D eigenvalue weighted by Crippen LogP contribution is -2.39. The molecular weight excluding hydrogens is 284 g/mol. The number of hydrogen-bond acceptors (Lipinski definition) is 3. The van der Waals surface area contributed by atoms with E-state index in [1.54, 1.807) is 18.2 Å². The molecule has 0 bridgehead atoms. The van der Waals surface area contributed by atoms with E-state index >= 15 is 0 Å². The highest BCUT2D eigenvalue weighted by molar-refractivity contribution is 7.80. The van der Waals surface area contributed by atoms with Gasteiger partial charge in [0.1, 0.15) is 0 Å². The summed E-state index contributed by atoms with van der Waals surface area (Å²) in [5.41, 5.74) is 1.32. The van der Waals surface area contributed by atoms with Crippen LogP contribution in [-0.4, -0.2) is 16.8 Å². The molecule has 1 aliphatic carbocycles. The van der Waals surface area contributed by atoms with Gasteiger partial charge in [0.25, 0.3) is 0 Å². The Balaban J connectivity index is 1.90. The first-order valence-electron chi connectivity index (χ1n) is 7.29. The molecule has 1 saturated carbocycles. The zero-order chi connectivity index (χ0) is 15.2. The fourth-order valence-corrected chi connectivity index (χ4v) is 2.78. The zero-order valence-corrected chi connectivity index (χ0v) is 13.0. The number of hydrogen-bond donors (Lipinski definition) is 2. The topological polar surface area (TPSA) is 58.2 Å². The van der Waals surface area contributed by atoms with E-state index in [1.807, 2.05) is 6.07 Å². The van der Waals surface area contributed by atoms with E-state index in [1.165, 1.54) is 13.3 Å². The first-order valence-corrected chi connectivity index (χ1v) is 7.70. The number of carbonyl (C=O) groups excluding carboxylic acids is 2. The van der Waals surface area contributed by atoms with Crippen molar-refractivity contribution in [3.8, 4) is 0 Å². The van der Waals surface area contributed by atoms with Gasteiger partial charge in [-0.05, 0) is 44.1 Å². The minimum Gasteiger partial charge on any atom is -0.332 e. The molecule has 1 aromatic carbocycles. The molecule has 0 aliphatic heterocycles. The Morgan fingerprint density at radius 1 is 1.19 bits per heavy atom. The Hall–Kier alpha value is -1.75. The van der Waals surface area contributed by atoms with Crippen molar-refractivity contribution in [3.63, 3.8) is 0 Å². The third kappa shape index (κ3) is 4.63. The summed E-state index contributed by atoms with van der Waals surface area (Å²) in [4.78, 5) is 23.4. The van der Waals surface area contributed by atoms with Crippen molar-refractivity contribution in [1.29, 1.82) is 0 Å². The van der Waals surface area contributed by atoms with Crippen LogP contribution in [0.3, 0.4) is 0 Å². The van der Waals surface area contributed by atoms with Crippen LogP contribution in [0.25, 0.3) is 0 Å². The van der Waals surface area contributed by atoms with Crippen molar-refractivity contribution >= 4 is 34.7 Å². The fourth-order valence-electron chi connectivity index (χ4n) is 2.56. The molecule has 0 aromatic heterocycles. The fraction of sp³-hybridized carbons (Fsp3) is 0.438. The molecule has 1 aromatic rings. The number of nitrogens with one attached hydrogen (secondary N) is 2. The van der Waals surface area contributed by atoms with Crippen molar-refractivity contribution in [2.45, 2.75) is 39.0 Å². The van der Waals surface area contributed by atoms with Gasteiger partial charge in [-0.2, -0.15) is 0 Å². The molecule has 4 nitrogen and oxygen atoms in total. The predicted molar refractivity (Wildman–Crippen MR) is 87.4 cm³/mol. The van der Waals surface area contributed by atoms with E-state index in [2.05, 4.69) is 10.6 Å². The van der Waals surface area contributed by atoms with Crippen molar-refractivity contribution in [3.05, 3.63) is 29.8 Å². The summed E-state index contributed by atoms with van der Waals surface area (Å²) < 4.78 is 0. The third-order valence-electron chi connectivity index (χ3n) is 3.74. The van der Waals surface area contributed by atoms with Gasteiger partial charge in [-0.3, -0.25) is 9.59 Å². The minimum absolute atomic E-state index is 0.00388. The Labute approximate surface area is 130 Å². The lowest BCUT2D eigenvalue weighted by Gasteiger charge is -2.21. The van der Waals surface area contributed by atoms with Crippen LogP contribution in [0.2, 0.25) is 0 Å². The molecule has 1 aliphatic rings. The molecule has 21 heavy (non-hydrogen) atoms. The van der Waals surface area contributed by atoms with Crippen molar-refractivity contribution in [2.75, 3.05) is 5.32 Å². The van der Waals surface area contributed by atoms with E-state index < -0.39 is 0 Å². The molecule has 112 valence electrons. The number of ketones is 1. The summed E-state index contributed by atoms with van der Waals surface area (Å²) in [5, 5.41) is 5.98. The van der Waals surface area contributed by atoms with Gasteiger partial charge in [0, 0.05) is 17.2 Å². The summed E-state index contributed by atoms with van der Waals surface area (Å²) in [6.07, 6.45) is 5.31. The maximum Gasteiger partial charge on any atom is 0.229 e. The largest absolute Gasteiger partial charge is 0.332 e. The number of anilines is 1. The van der Waals surface area contributed by atoms with Gasteiger partial charge in [0.2, 0.25) is 5.91 Å². The second-order valence-electron chi connectivity index (χ2n) is 5.42. The van der Waals surface area contributed by atoms with Crippen LogP contribution in [0.5, 0.6) is 0 Å². The van der Waals surface area contributed by atoms with E-state index in [4.69, 9.17) is 12.2 Å². The SMILES string of the molecule is CC(=O)c1cccc(NC(=S)NC(=O)C2CCCCC2)c1. The van der Waals surface area contributed by atoms with E-state index in [0.717, 1.165) is 25.7 Å². The maximum atomic E-state index is 12.1. The van der Waals surface area contributed by atoms with Gasteiger partial charge in [-0.25, -0.2) is 0 Å². The second-order valence-corrected chi connectivity index (χ2v) is 5.82. The monoisotopic (exact) mass is 304 g/mol. The zero-order valence-electron chi connectivity index (χ0n) is 12.1. The van der Waals surface area contributed by atoms with Gasteiger partial charge < -0.3 is 10.6 Å². The average Bonchev–Trinajstić information content (AvgIpc) is 2.48. The standard InChI is InChI=1S/C16H20N2O2S/c1-11(19)13-8-5-9-14(10-13)17-16(21)18-15(20)12-6-3-2-4-7-12/h5,8-10,12H,2-4,6-7H2,1H3,(H2,17,18,20,21). The molecule has 1 fully saturated rings. The van der Waals surface area contributed by atoms with Crippen LogP contribution >= 0.6 is 12.2 Å². The van der Waals surface area contributed by atoms with Gasteiger partial charge in [-0.1, -0.05) is 31.4 Å². The molecule has 0 unspecified atom stereocenters. The minimum atomic E-state index is -0.00470. The molecule has 0 heterocycles. The van der Waals surface area contributed by atoms with Gasteiger partial charge in [0.05, 0.1) is 0 Å². The molecule has 0 radical (unpaired) electrons. The van der Waals surface area contributed by atoms with Crippen LogP contribution in [0.1, 0.15) is 49.4 Å². The maximum absolute atomic E-state index is 12.1. The summed E-state index contributed by atoms with van der Waals surface area (Å²) in [6, 6.07) is 7.06. The third-order valence-corrected chi connectivity index (χ3v) is 3.94. The second kappa shape index (κ2) is 7.31. The molecule has 5 heteroatoms. The summed E-state index contributed by atoms with van der Waals surface area (Å²) >= 11 is 5.16. The number of thiocarbonyl (C=S) groups is 1. The molecule has 2 N–H and O–H groups in total. The number of benzene rings is 1. The predicted octanol–water partition coefficient (Wildman–Crippen LogP) is 3.28. The van der Waals surface area contributed by atoms with E-state index in [-0.39, 0.29) is 22.7 Å². The van der Waals surface area contributed by atoms with Crippen LogP contribution in [0.15, 0.2) is 24.3 Å². The first-order chi connectivity index (χ1) is 10.1.